The Bertz CT molecular complexity index is 807. The van der Waals surface area contributed by atoms with Gasteiger partial charge >= 0.3 is 0 Å². The van der Waals surface area contributed by atoms with Gasteiger partial charge < -0.3 is 18.8 Å². The summed E-state index contributed by atoms with van der Waals surface area (Å²) in [4.78, 5) is 4.82. The van der Waals surface area contributed by atoms with Gasteiger partial charge in [-0.1, -0.05) is 40.7 Å². The van der Waals surface area contributed by atoms with Crippen LogP contribution in [0, 0.1) is 11.3 Å². The molecule has 0 fully saturated rings. The molecule has 2 aliphatic rings. The van der Waals surface area contributed by atoms with Crippen molar-refractivity contribution in [2.75, 3.05) is 13.7 Å². The molecule has 0 saturated carbocycles. The first-order valence-corrected chi connectivity index (χ1v) is 11.4. The summed E-state index contributed by atoms with van der Waals surface area (Å²) >= 11 is 0. The third-order valence-electron chi connectivity index (χ3n) is 5.69. The van der Waals surface area contributed by atoms with Crippen molar-refractivity contribution < 1.29 is 18.8 Å². The molecule has 0 bridgehead atoms. The van der Waals surface area contributed by atoms with Crippen LogP contribution in [0.3, 0.4) is 0 Å². The quantitative estimate of drug-likeness (QED) is 0.697. The minimum Gasteiger partial charge on any atom is -0.496 e. The molecule has 0 aliphatic carbocycles. The third-order valence-corrected chi connectivity index (χ3v) is 10.2. The van der Waals surface area contributed by atoms with Crippen LogP contribution in [0.4, 0.5) is 0 Å². The maximum atomic E-state index is 14.7. The van der Waals surface area contributed by atoms with Crippen LogP contribution in [0.5, 0.6) is 11.5 Å². The molecule has 0 N–H and O–H groups in total. The van der Waals surface area contributed by atoms with Crippen LogP contribution in [-0.4, -0.2) is 36.7 Å². The van der Waals surface area contributed by atoms with E-state index in [9.17, 15) is 4.57 Å². The van der Waals surface area contributed by atoms with Crippen LogP contribution in [0.2, 0.25) is 0 Å². The summed E-state index contributed by atoms with van der Waals surface area (Å²) in [5, 5.41) is 0.211. The molecule has 2 heterocycles. The zero-order valence-electron chi connectivity index (χ0n) is 17.7. The largest absolute Gasteiger partial charge is 0.496 e. The topological polar surface area (TPSA) is 57.1 Å². The predicted octanol–water partition coefficient (Wildman–Crippen LogP) is 4.68. The summed E-state index contributed by atoms with van der Waals surface area (Å²) in [5.74, 6) is 1.75. The van der Waals surface area contributed by atoms with Crippen molar-refractivity contribution in [1.82, 2.24) is 0 Å². The van der Waals surface area contributed by atoms with Gasteiger partial charge in [-0.3, -0.25) is 0 Å². The number of aliphatic imine (C=N–C) groups is 1. The Morgan fingerprint density at radius 2 is 1.89 bits per heavy atom. The lowest BCUT2D eigenvalue weighted by Crippen LogP contribution is -2.43. The van der Waals surface area contributed by atoms with E-state index in [1.165, 1.54) is 0 Å². The number of hydrogen-bond acceptors (Lipinski definition) is 5. The van der Waals surface area contributed by atoms with Crippen LogP contribution in [0.1, 0.15) is 48.5 Å². The van der Waals surface area contributed by atoms with Crippen molar-refractivity contribution in [2.45, 2.75) is 65.5 Å². The second-order valence-electron chi connectivity index (χ2n) is 9.38. The lowest BCUT2D eigenvalue weighted by molar-refractivity contribution is 0.167. The molecular weight excluding hydrogens is 361 g/mol. The number of benzene rings is 1. The molecule has 0 saturated heterocycles. The van der Waals surface area contributed by atoms with E-state index in [4.69, 9.17) is 19.2 Å². The highest BCUT2D eigenvalue weighted by atomic mass is 31.2. The Labute approximate surface area is 162 Å². The van der Waals surface area contributed by atoms with E-state index in [1.54, 1.807) is 7.11 Å². The molecule has 1 aromatic carbocycles. The molecule has 0 radical (unpaired) electrons. The van der Waals surface area contributed by atoms with Crippen LogP contribution < -0.4 is 14.8 Å². The average molecular weight is 393 g/mol. The molecule has 2 aliphatic heterocycles. The smallest absolute Gasteiger partial charge is 0.193 e. The van der Waals surface area contributed by atoms with E-state index >= 15 is 0 Å². The van der Waals surface area contributed by atoms with Crippen LogP contribution in [-0.2, 0) is 9.30 Å². The molecule has 0 spiro atoms. The molecule has 6 heteroatoms. The minimum absolute atomic E-state index is 0.131. The van der Waals surface area contributed by atoms with Gasteiger partial charge in [-0.05, 0) is 31.9 Å². The van der Waals surface area contributed by atoms with E-state index in [0.717, 1.165) is 0 Å². The van der Waals surface area contributed by atoms with Gasteiger partial charge in [-0.2, -0.15) is 0 Å². The normalized spacial score (nSPS) is 27.8. The van der Waals surface area contributed by atoms with Gasteiger partial charge in [-0.25, -0.2) is 4.99 Å². The highest BCUT2D eigenvalue weighted by Crippen LogP contribution is 2.70. The highest BCUT2D eigenvalue weighted by molar-refractivity contribution is 7.74. The van der Waals surface area contributed by atoms with Crippen molar-refractivity contribution in [1.29, 1.82) is 0 Å². The van der Waals surface area contributed by atoms with Crippen molar-refractivity contribution in [3.8, 4) is 11.5 Å². The van der Waals surface area contributed by atoms with E-state index in [-0.39, 0.29) is 6.04 Å². The minimum atomic E-state index is -3.03. The van der Waals surface area contributed by atoms with Gasteiger partial charge in [0, 0.05) is 5.16 Å². The first-order valence-electron chi connectivity index (χ1n) is 9.59. The maximum Gasteiger partial charge on any atom is 0.193 e. The van der Waals surface area contributed by atoms with E-state index in [1.807, 2.05) is 52.8 Å². The van der Waals surface area contributed by atoms with Crippen molar-refractivity contribution in [3.63, 3.8) is 0 Å². The Morgan fingerprint density at radius 1 is 1.22 bits per heavy atom. The van der Waals surface area contributed by atoms with Crippen LogP contribution >= 0.6 is 7.14 Å². The molecule has 3 atom stereocenters. The van der Waals surface area contributed by atoms with Gasteiger partial charge in [0.05, 0.1) is 23.9 Å². The maximum absolute atomic E-state index is 14.7. The van der Waals surface area contributed by atoms with Gasteiger partial charge in [0.2, 0.25) is 0 Å². The summed E-state index contributed by atoms with van der Waals surface area (Å²) in [6.07, 6.45) is 0. The van der Waals surface area contributed by atoms with Crippen LogP contribution in [0.15, 0.2) is 23.2 Å². The zero-order valence-corrected chi connectivity index (χ0v) is 18.6. The first kappa shape index (κ1) is 20.3. The summed E-state index contributed by atoms with van der Waals surface area (Å²) in [6.45, 7) is 14.9. The van der Waals surface area contributed by atoms with Gasteiger partial charge in [0.15, 0.2) is 18.9 Å². The fourth-order valence-electron chi connectivity index (χ4n) is 3.88. The molecule has 1 unspecified atom stereocenters. The second kappa shape index (κ2) is 6.55. The number of nitrogens with zero attached hydrogens (tertiary/aromatic N) is 1. The Kier molecular flexibility index (Phi) is 4.91. The molecule has 3 rings (SSSR count). The number of ether oxygens (including phenoxy) is 3. The van der Waals surface area contributed by atoms with Gasteiger partial charge in [-0.15, -0.1) is 0 Å². The SMILES string of the molecule is COc1cccc2c1P(=O)(C(C)(C)C)[C@@H](C(C)(C)C1=N[C@H](C(C)C)CO1)O2. The Balaban J connectivity index is 2.14. The molecule has 5 nitrogen and oxygen atoms in total. The number of fused-ring (bicyclic) bond motifs is 1. The van der Waals surface area contributed by atoms with E-state index < -0.39 is 23.6 Å². The van der Waals surface area contributed by atoms with Gasteiger partial charge in [0.25, 0.3) is 0 Å². The molecule has 27 heavy (non-hydrogen) atoms. The summed E-state index contributed by atoms with van der Waals surface area (Å²) in [5.41, 5.74) is -0.628. The number of rotatable bonds is 4. The van der Waals surface area contributed by atoms with E-state index in [2.05, 4.69) is 13.8 Å². The van der Waals surface area contributed by atoms with E-state index in [0.29, 0.717) is 35.2 Å². The van der Waals surface area contributed by atoms with Gasteiger partial charge in [0.1, 0.15) is 18.1 Å². The number of methoxy groups -OCH3 is 1. The summed E-state index contributed by atoms with van der Waals surface area (Å²) in [7, 11) is -1.42. The lowest BCUT2D eigenvalue weighted by atomic mass is 9.94. The predicted molar refractivity (Wildman–Crippen MR) is 110 cm³/mol. The van der Waals surface area contributed by atoms with Crippen molar-refractivity contribution in [2.24, 2.45) is 16.3 Å². The fourth-order valence-corrected chi connectivity index (χ4v) is 7.72. The Morgan fingerprint density at radius 3 is 2.41 bits per heavy atom. The molecular formula is C21H32NO4P. The molecule has 0 aromatic heterocycles. The average Bonchev–Trinajstić information content (AvgIpc) is 3.19. The van der Waals surface area contributed by atoms with Crippen molar-refractivity contribution in [3.05, 3.63) is 18.2 Å². The second-order valence-corrected chi connectivity index (χ2v) is 13.0. The Hall–Kier alpha value is -1.48. The molecule has 150 valence electrons. The fraction of sp³-hybridized carbons (Fsp3) is 0.667. The standard InChI is InChI=1S/C21H32NO4P/c1-13(2)14-12-25-18(22-14)21(6,7)19-26-16-11-9-10-15(24-8)17(16)27(19,23)20(3,4)5/h9-11,13-14,19H,12H2,1-8H3/t14-,19-,27?/m0/s1. The van der Waals surface area contributed by atoms with Crippen LogP contribution in [0.25, 0.3) is 0 Å². The first-order chi connectivity index (χ1) is 12.4. The molecule has 1 aromatic rings. The zero-order chi connectivity index (χ0) is 20.2. The lowest BCUT2D eigenvalue weighted by Gasteiger charge is -2.39. The molecule has 0 amide bonds. The third kappa shape index (κ3) is 2.99. The highest BCUT2D eigenvalue weighted by Gasteiger charge is 2.61. The summed E-state index contributed by atoms with van der Waals surface area (Å²) < 4.78 is 32.6. The monoisotopic (exact) mass is 393 g/mol. The summed E-state index contributed by atoms with van der Waals surface area (Å²) in [6, 6.07) is 5.74. The number of hydrogen-bond donors (Lipinski definition) is 0. The van der Waals surface area contributed by atoms with Crippen molar-refractivity contribution >= 4 is 18.3 Å².